The molecular formula is C19H19BrN4O3S2. The number of sulfonamides is 1. The first-order chi connectivity index (χ1) is 13.9. The van der Waals surface area contributed by atoms with Crippen LogP contribution in [0, 0.1) is 0 Å². The van der Waals surface area contributed by atoms with Crippen molar-refractivity contribution >= 4 is 48.3 Å². The van der Waals surface area contributed by atoms with Crippen molar-refractivity contribution in [2.75, 3.05) is 11.9 Å². The number of hydrogen-bond acceptors (Lipinski definition) is 6. The second kappa shape index (κ2) is 10.1. The zero-order chi connectivity index (χ0) is 20.7. The lowest BCUT2D eigenvalue weighted by molar-refractivity contribution is -0.116. The van der Waals surface area contributed by atoms with Crippen LogP contribution in [0.25, 0.3) is 0 Å². The number of hydrogen-bond donors (Lipinski definition) is 2. The van der Waals surface area contributed by atoms with Gasteiger partial charge in [-0.25, -0.2) is 13.1 Å². The number of aryl methyl sites for hydroxylation is 2. The number of amides is 1. The number of rotatable bonds is 9. The molecule has 29 heavy (non-hydrogen) atoms. The van der Waals surface area contributed by atoms with E-state index in [1.807, 2.05) is 18.2 Å². The number of carbonyl (C=O) groups excluding carboxylic acids is 1. The first kappa shape index (κ1) is 21.6. The molecule has 1 amide bonds. The van der Waals surface area contributed by atoms with E-state index < -0.39 is 10.0 Å². The van der Waals surface area contributed by atoms with Crippen molar-refractivity contribution in [3.8, 4) is 0 Å². The van der Waals surface area contributed by atoms with E-state index in [-0.39, 0.29) is 23.8 Å². The maximum atomic E-state index is 12.2. The van der Waals surface area contributed by atoms with Crippen molar-refractivity contribution in [1.29, 1.82) is 0 Å². The third kappa shape index (κ3) is 6.70. The average molecular weight is 495 g/mol. The second-order valence-electron chi connectivity index (χ2n) is 6.14. The predicted octanol–water partition coefficient (Wildman–Crippen LogP) is 3.39. The van der Waals surface area contributed by atoms with Crippen LogP contribution in [-0.2, 0) is 27.7 Å². The van der Waals surface area contributed by atoms with E-state index in [1.54, 1.807) is 12.1 Å². The molecule has 10 heteroatoms. The topological polar surface area (TPSA) is 101 Å². The molecule has 0 radical (unpaired) electrons. The second-order valence-corrected chi connectivity index (χ2v) is 9.88. The monoisotopic (exact) mass is 494 g/mol. The van der Waals surface area contributed by atoms with Crippen LogP contribution in [0.5, 0.6) is 0 Å². The standard InChI is InChI=1S/C19H19BrN4O3S2/c20-15-7-9-16(10-8-15)29(26,27)21-13-12-17(25)22-19-24-23-18(28-19)11-6-14-4-2-1-3-5-14/h1-5,7-10,21H,6,11-13H2,(H,22,24,25). The Kier molecular flexibility index (Phi) is 7.48. The summed E-state index contributed by atoms with van der Waals surface area (Å²) >= 11 is 4.58. The molecule has 152 valence electrons. The van der Waals surface area contributed by atoms with E-state index in [4.69, 9.17) is 0 Å². The van der Waals surface area contributed by atoms with Crippen molar-refractivity contribution in [2.24, 2.45) is 0 Å². The summed E-state index contributed by atoms with van der Waals surface area (Å²) in [5, 5.41) is 12.0. The number of aromatic nitrogens is 2. The molecule has 0 spiro atoms. The van der Waals surface area contributed by atoms with E-state index in [2.05, 4.69) is 48.3 Å². The van der Waals surface area contributed by atoms with Gasteiger partial charge in [0.05, 0.1) is 4.90 Å². The highest BCUT2D eigenvalue weighted by atomic mass is 79.9. The summed E-state index contributed by atoms with van der Waals surface area (Å²) in [7, 11) is -3.65. The molecule has 3 aromatic rings. The average Bonchev–Trinajstić information content (AvgIpc) is 3.14. The molecule has 2 aromatic carbocycles. The fourth-order valence-corrected chi connectivity index (χ4v) is 4.53. The fourth-order valence-electron chi connectivity index (χ4n) is 2.48. The Bertz CT molecular complexity index is 1050. The van der Waals surface area contributed by atoms with Crippen LogP contribution in [0.3, 0.4) is 0 Å². The van der Waals surface area contributed by atoms with Crippen molar-refractivity contribution in [3.05, 3.63) is 69.6 Å². The minimum absolute atomic E-state index is 0.00527. The zero-order valence-electron chi connectivity index (χ0n) is 15.3. The summed E-state index contributed by atoms with van der Waals surface area (Å²) in [5.41, 5.74) is 1.21. The van der Waals surface area contributed by atoms with E-state index in [9.17, 15) is 13.2 Å². The number of benzene rings is 2. The van der Waals surface area contributed by atoms with Crippen LogP contribution in [0.15, 0.2) is 64.0 Å². The Morgan fingerprint density at radius 1 is 1.00 bits per heavy atom. The first-order valence-corrected chi connectivity index (χ1v) is 11.9. The maximum Gasteiger partial charge on any atom is 0.240 e. The van der Waals surface area contributed by atoms with Gasteiger partial charge in [-0.2, -0.15) is 0 Å². The van der Waals surface area contributed by atoms with Crippen LogP contribution in [0.4, 0.5) is 5.13 Å². The SMILES string of the molecule is O=C(CCNS(=O)(=O)c1ccc(Br)cc1)Nc1nnc(CCc2ccccc2)s1. The summed E-state index contributed by atoms with van der Waals surface area (Å²) in [6, 6.07) is 16.3. The highest BCUT2D eigenvalue weighted by Crippen LogP contribution is 2.18. The third-order valence-corrected chi connectivity index (χ3v) is 6.86. The molecule has 0 unspecified atom stereocenters. The first-order valence-electron chi connectivity index (χ1n) is 8.84. The van der Waals surface area contributed by atoms with E-state index >= 15 is 0 Å². The molecule has 2 N–H and O–H groups in total. The quantitative estimate of drug-likeness (QED) is 0.474. The molecule has 1 heterocycles. The Morgan fingerprint density at radius 2 is 1.72 bits per heavy atom. The number of nitrogens with one attached hydrogen (secondary N) is 2. The number of anilines is 1. The number of carbonyl (C=O) groups is 1. The molecule has 1 aromatic heterocycles. The molecular weight excluding hydrogens is 476 g/mol. The zero-order valence-corrected chi connectivity index (χ0v) is 18.6. The molecule has 0 aliphatic carbocycles. The van der Waals surface area contributed by atoms with Crippen LogP contribution < -0.4 is 10.0 Å². The third-order valence-electron chi connectivity index (χ3n) is 3.95. The van der Waals surface area contributed by atoms with Crippen molar-refractivity contribution in [2.45, 2.75) is 24.2 Å². The lowest BCUT2D eigenvalue weighted by Crippen LogP contribution is -2.27. The van der Waals surface area contributed by atoms with Gasteiger partial charge < -0.3 is 5.32 Å². The molecule has 7 nitrogen and oxygen atoms in total. The van der Waals surface area contributed by atoms with E-state index in [0.717, 1.165) is 22.3 Å². The summed E-state index contributed by atoms with van der Waals surface area (Å²) < 4.78 is 27.6. The van der Waals surface area contributed by atoms with Crippen molar-refractivity contribution in [1.82, 2.24) is 14.9 Å². The van der Waals surface area contributed by atoms with Gasteiger partial charge in [0, 0.05) is 23.9 Å². The van der Waals surface area contributed by atoms with Gasteiger partial charge in [0.1, 0.15) is 5.01 Å². The van der Waals surface area contributed by atoms with E-state index in [0.29, 0.717) is 5.13 Å². The number of nitrogens with zero attached hydrogens (tertiary/aromatic N) is 2. The van der Waals surface area contributed by atoms with Gasteiger partial charge in [-0.15, -0.1) is 10.2 Å². The van der Waals surface area contributed by atoms with Gasteiger partial charge in [0.25, 0.3) is 0 Å². The molecule has 0 saturated carbocycles. The van der Waals surface area contributed by atoms with Gasteiger partial charge in [-0.05, 0) is 36.2 Å². The van der Waals surface area contributed by atoms with Crippen LogP contribution in [0.2, 0.25) is 0 Å². The molecule has 0 fully saturated rings. The summed E-state index contributed by atoms with van der Waals surface area (Å²) in [6.45, 7) is -0.0100. The fraction of sp³-hybridized carbons (Fsp3) is 0.211. The summed E-state index contributed by atoms with van der Waals surface area (Å²) in [5.74, 6) is -0.325. The van der Waals surface area contributed by atoms with Gasteiger partial charge in [0.15, 0.2) is 0 Å². The molecule has 0 bridgehead atoms. The smallest absolute Gasteiger partial charge is 0.240 e. The van der Waals surface area contributed by atoms with Crippen LogP contribution in [-0.4, -0.2) is 31.1 Å². The Balaban J connectivity index is 1.44. The molecule has 0 atom stereocenters. The van der Waals surface area contributed by atoms with E-state index in [1.165, 1.54) is 29.0 Å². The number of halogens is 1. The molecule has 0 aliphatic rings. The molecule has 3 rings (SSSR count). The van der Waals surface area contributed by atoms with Crippen molar-refractivity contribution < 1.29 is 13.2 Å². The molecule has 0 saturated heterocycles. The van der Waals surface area contributed by atoms with Gasteiger partial charge in [-0.3, -0.25) is 4.79 Å². The maximum absolute atomic E-state index is 12.2. The highest BCUT2D eigenvalue weighted by Gasteiger charge is 2.14. The lowest BCUT2D eigenvalue weighted by Gasteiger charge is -2.06. The Labute approximate surface area is 181 Å². The van der Waals surface area contributed by atoms with Crippen molar-refractivity contribution in [3.63, 3.8) is 0 Å². The van der Waals surface area contributed by atoms with Gasteiger partial charge in [0.2, 0.25) is 21.1 Å². The minimum atomic E-state index is -3.65. The minimum Gasteiger partial charge on any atom is -0.300 e. The highest BCUT2D eigenvalue weighted by molar-refractivity contribution is 9.10. The Morgan fingerprint density at radius 3 is 2.45 bits per heavy atom. The Hall–Kier alpha value is -2.14. The molecule has 0 aliphatic heterocycles. The summed E-state index contributed by atoms with van der Waals surface area (Å²) in [4.78, 5) is 12.2. The summed E-state index contributed by atoms with van der Waals surface area (Å²) in [6.07, 6.45) is 1.58. The predicted molar refractivity (Wildman–Crippen MR) is 116 cm³/mol. The lowest BCUT2D eigenvalue weighted by atomic mass is 10.1. The van der Waals surface area contributed by atoms with Crippen LogP contribution in [0.1, 0.15) is 17.0 Å². The normalized spacial score (nSPS) is 11.3. The van der Waals surface area contributed by atoms with Crippen LogP contribution >= 0.6 is 27.3 Å². The largest absolute Gasteiger partial charge is 0.300 e. The van der Waals surface area contributed by atoms with Gasteiger partial charge in [-0.1, -0.05) is 57.6 Å². The van der Waals surface area contributed by atoms with Gasteiger partial charge >= 0.3 is 0 Å².